The van der Waals surface area contributed by atoms with Gasteiger partial charge in [0.1, 0.15) is 5.75 Å². The summed E-state index contributed by atoms with van der Waals surface area (Å²) in [7, 11) is 14.4. The van der Waals surface area contributed by atoms with Crippen LogP contribution in [0.3, 0.4) is 0 Å². The summed E-state index contributed by atoms with van der Waals surface area (Å²) >= 11 is -0.556. The predicted molar refractivity (Wildman–Crippen MR) is 119 cm³/mol. The third-order valence-corrected chi connectivity index (χ3v) is 5.49. The maximum absolute atomic E-state index is 10.8. The molecule has 0 aliphatic carbocycles. The molecule has 0 aliphatic heterocycles. The van der Waals surface area contributed by atoms with Gasteiger partial charge in [0, 0.05) is 17.4 Å². The van der Waals surface area contributed by atoms with E-state index in [9.17, 15) is 5.11 Å². The first kappa shape index (κ1) is 25.0. The van der Waals surface area contributed by atoms with Gasteiger partial charge in [-0.05, 0) is 55.9 Å². The van der Waals surface area contributed by atoms with Crippen molar-refractivity contribution in [2.75, 3.05) is 14.1 Å². The van der Waals surface area contributed by atoms with Gasteiger partial charge in [-0.2, -0.15) is 0 Å². The van der Waals surface area contributed by atoms with Crippen LogP contribution in [0.5, 0.6) is 5.75 Å². The fourth-order valence-corrected chi connectivity index (χ4v) is 4.23. The summed E-state index contributed by atoms with van der Waals surface area (Å²) in [5.74, 6) is 0.461. The summed E-state index contributed by atoms with van der Waals surface area (Å²) in [6, 6.07) is 10.9. The SMILES string of the molecule is Cc1ccc(Pc2cc(C)cc(C(C)(C)C)c2O)c(CN(C)C)c1.[Cl][Ti][Cl]. The third-order valence-electron chi connectivity index (χ3n) is 4.08. The summed E-state index contributed by atoms with van der Waals surface area (Å²) < 4.78 is 0. The van der Waals surface area contributed by atoms with Gasteiger partial charge in [-0.25, -0.2) is 0 Å². The van der Waals surface area contributed by atoms with Crippen molar-refractivity contribution in [3.05, 3.63) is 52.6 Å². The molecule has 2 rings (SSSR count). The molecule has 0 aromatic heterocycles. The molecule has 0 bridgehead atoms. The van der Waals surface area contributed by atoms with E-state index in [1.807, 2.05) is 0 Å². The average Bonchev–Trinajstić information content (AvgIpc) is 2.52. The Balaban J connectivity index is 0.00000114. The fourth-order valence-electron chi connectivity index (χ4n) is 2.91. The molecule has 1 N–H and O–H groups in total. The van der Waals surface area contributed by atoms with Gasteiger partial charge in [-0.3, -0.25) is 0 Å². The van der Waals surface area contributed by atoms with Crippen LogP contribution < -0.4 is 10.6 Å². The minimum absolute atomic E-state index is 0.0604. The Morgan fingerprint density at radius 2 is 1.59 bits per heavy atom. The molecule has 1 atom stereocenters. The Bertz CT molecular complexity index is 761. The Morgan fingerprint density at radius 1 is 1.00 bits per heavy atom. The van der Waals surface area contributed by atoms with Crippen LogP contribution in [-0.2, 0) is 29.0 Å². The van der Waals surface area contributed by atoms with Crippen LogP contribution in [0, 0.1) is 13.8 Å². The van der Waals surface area contributed by atoms with Crippen molar-refractivity contribution < 1.29 is 22.1 Å². The summed E-state index contributed by atoms with van der Waals surface area (Å²) in [4.78, 5) is 2.19. The van der Waals surface area contributed by atoms with Crippen molar-refractivity contribution in [2.45, 2.75) is 46.6 Å². The Kier molecular flexibility index (Phi) is 10.4. The van der Waals surface area contributed by atoms with Crippen LogP contribution in [-0.4, -0.2) is 24.1 Å². The second-order valence-corrected chi connectivity index (χ2v) is 12.0. The summed E-state index contributed by atoms with van der Waals surface area (Å²) in [5.41, 5.74) is 4.81. The van der Waals surface area contributed by atoms with Gasteiger partial charge in [-0.1, -0.05) is 59.2 Å². The summed E-state index contributed by atoms with van der Waals surface area (Å²) in [5, 5.41) is 13.2. The molecule has 0 spiro atoms. The molecule has 1 unspecified atom stereocenters. The van der Waals surface area contributed by atoms with Crippen molar-refractivity contribution in [1.29, 1.82) is 0 Å². The number of hydrogen-bond donors (Lipinski definition) is 1. The fraction of sp³-hybridized carbons (Fsp3) is 0.429. The molecule has 27 heavy (non-hydrogen) atoms. The molecule has 0 amide bonds. The van der Waals surface area contributed by atoms with Crippen LogP contribution in [0.2, 0.25) is 0 Å². The number of aryl methyl sites for hydroxylation is 2. The van der Waals surface area contributed by atoms with E-state index in [1.54, 1.807) is 0 Å². The van der Waals surface area contributed by atoms with Gasteiger partial charge in [-0.15, -0.1) is 0 Å². The predicted octanol–water partition coefficient (Wildman–Crippen LogP) is 5.37. The first-order valence-electron chi connectivity index (χ1n) is 8.81. The van der Waals surface area contributed by atoms with Crippen LogP contribution >= 0.6 is 27.2 Å². The summed E-state index contributed by atoms with van der Waals surface area (Å²) in [6.07, 6.45) is 0. The van der Waals surface area contributed by atoms with Crippen molar-refractivity contribution >= 4 is 37.8 Å². The number of benzene rings is 2. The summed E-state index contributed by atoms with van der Waals surface area (Å²) in [6.45, 7) is 11.6. The van der Waals surface area contributed by atoms with E-state index >= 15 is 0 Å². The first-order chi connectivity index (χ1) is 12.5. The second kappa shape index (κ2) is 11.2. The normalized spacial score (nSPS) is 11.6. The molecule has 2 aromatic rings. The molecule has 0 aliphatic rings. The van der Waals surface area contributed by atoms with Crippen molar-refractivity contribution in [3.63, 3.8) is 0 Å². The van der Waals surface area contributed by atoms with Crippen LogP contribution in [0.25, 0.3) is 0 Å². The number of nitrogens with zero attached hydrogens (tertiary/aromatic N) is 1. The van der Waals surface area contributed by atoms with E-state index in [-0.39, 0.29) is 5.41 Å². The molecule has 0 heterocycles. The van der Waals surface area contributed by atoms with Crippen molar-refractivity contribution in [3.8, 4) is 5.75 Å². The molecule has 2 nitrogen and oxygen atoms in total. The molecule has 148 valence electrons. The van der Waals surface area contributed by atoms with E-state index in [0.29, 0.717) is 14.3 Å². The zero-order valence-corrected chi connectivity index (χ0v) is 21.3. The van der Waals surface area contributed by atoms with Crippen LogP contribution in [0.1, 0.15) is 43.0 Å². The second-order valence-electron chi connectivity index (χ2n) is 8.05. The first-order valence-corrected chi connectivity index (χ1v) is 14.1. The van der Waals surface area contributed by atoms with E-state index < -0.39 is 17.0 Å². The minimum atomic E-state index is -0.556. The molecule has 0 saturated carbocycles. The van der Waals surface area contributed by atoms with Gasteiger partial charge in [0.15, 0.2) is 0 Å². The molecular weight excluding hydrogens is 432 g/mol. The maximum atomic E-state index is 10.8. The van der Waals surface area contributed by atoms with E-state index in [2.05, 4.69) is 83.9 Å². The van der Waals surface area contributed by atoms with Crippen LogP contribution in [0.4, 0.5) is 0 Å². The molecular formula is C21H30Cl2NOPTi. The molecule has 0 radical (unpaired) electrons. The third kappa shape index (κ3) is 8.05. The van der Waals surface area contributed by atoms with E-state index in [1.165, 1.54) is 22.0 Å². The molecule has 0 fully saturated rings. The van der Waals surface area contributed by atoms with Crippen LogP contribution in [0.15, 0.2) is 30.3 Å². The van der Waals surface area contributed by atoms with E-state index in [4.69, 9.17) is 18.6 Å². The Hall–Kier alpha value is -0.0757. The van der Waals surface area contributed by atoms with Gasteiger partial charge in [0.05, 0.1) is 0 Å². The van der Waals surface area contributed by atoms with Gasteiger partial charge in [0.25, 0.3) is 0 Å². The topological polar surface area (TPSA) is 23.5 Å². The quantitative estimate of drug-likeness (QED) is 0.488. The van der Waals surface area contributed by atoms with Gasteiger partial charge < -0.3 is 10.0 Å². The Morgan fingerprint density at radius 3 is 2.11 bits per heavy atom. The number of phenolic OH excluding ortho intramolecular Hbond substituents is 1. The van der Waals surface area contributed by atoms with Crippen molar-refractivity contribution in [1.82, 2.24) is 4.90 Å². The van der Waals surface area contributed by atoms with Gasteiger partial charge in [0.2, 0.25) is 0 Å². The Labute approximate surface area is 183 Å². The number of rotatable bonds is 4. The monoisotopic (exact) mass is 461 g/mol. The molecule has 6 heteroatoms. The van der Waals surface area contributed by atoms with Crippen molar-refractivity contribution in [2.24, 2.45) is 0 Å². The molecule has 0 saturated heterocycles. The number of halogens is 2. The standard InChI is InChI=1S/C21H30NOP.2ClH.Ti/c1-14-8-9-18(16(10-14)13-22(6)7)24-19-12-15(2)11-17(20(19)23)21(3,4)5;;;/h8-12,23-24H,13H2,1-7H3;2*1H;/q;;;+2/p-2. The average molecular weight is 462 g/mol. The zero-order chi connectivity index (χ0) is 20.8. The zero-order valence-electron chi connectivity index (χ0n) is 17.2. The van der Waals surface area contributed by atoms with E-state index in [0.717, 1.165) is 17.4 Å². The molecule has 2 aromatic carbocycles. The number of phenols is 1. The van der Waals surface area contributed by atoms with Gasteiger partial charge >= 0.3 is 35.6 Å². The number of aromatic hydroxyl groups is 1. The number of hydrogen-bond acceptors (Lipinski definition) is 2.